The maximum absolute atomic E-state index is 11.6. The number of amides is 1. The van der Waals surface area contributed by atoms with Crippen molar-refractivity contribution in [3.05, 3.63) is 16.1 Å². The minimum absolute atomic E-state index is 0.252. The number of esters is 1. The number of carbonyl (C=O) groups is 2. The lowest BCUT2D eigenvalue weighted by atomic mass is 10.2. The molecule has 7 heteroatoms. The Kier molecular flexibility index (Phi) is 5.91. The molecule has 0 aromatic carbocycles. The zero-order valence-electron chi connectivity index (χ0n) is 11.6. The van der Waals surface area contributed by atoms with Gasteiger partial charge in [0.2, 0.25) is 5.91 Å². The van der Waals surface area contributed by atoms with E-state index < -0.39 is 12.0 Å². The van der Waals surface area contributed by atoms with E-state index in [2.05, 4.69) is 15.0 Å². The molecule has 0 aliphatic carbocycles. The summed E-state index contributed by atoms with van der Waals surface area (Å²) in [5.41, 5.74) is 2.79. The number of nitrogens with zero attached hydrogens (tertiary/aromatic N) is 2. The van der Waals surface area contributed by atoms with E-state index in [0.29, 0.717) is 13.1 Å². The molecule has 0 saturated carbocycles. The number of hydrogen-bond donors (Lipinski definition) is 1. The first-order chi connectivity index (χ1) is 8.93. The molecule has 0 spiro atoms. The van der Waals surface area contributed by atoms with E-state index in [9.17, 15) is 9.59 Å². The van der Waals surface area contributed by atoms with Gasteiger partial charge in [0.1, 0.15) is 6.04 Å². The van der Waals surface area contributed by atoms with Gasteiger partial charge in [0.25, 0.3) is 0 Å². The summed E-state index contributed by atoms with van der Waals surface area (Å²) >= 11 is 1.58. The van der Waals surface area contributed by atoms with Gasteiger partial charge in [-0.05, 0) is 14.0 Å². The minimum atomic E-state index is -0.652. The van der Waals surface area contributed by atoms with Crippen LogP contribution in [-0.2, 0) is 20.9 Å². The lowest BCUT2D eigenvalue weighted by Crippen LogP contribution is -2.47. The van der Waals surface area contributed by atoms with Gasteiger partial charge in [0, 0.05) is 24.9 Å². The third-order valence-electron chi connectivity index (χ3n) is 2.62. The second-order valence-corrected chi connectivity index (χ2v) is 5.27. The van der Waals surface area contributed by atoms with Gasteiger partial charge in [-0.3, -0.25) is 9.69 Å². The van der Waals surface area contributed by atoms with Gasteiger partial charge in [-0.25, -0.2) is 9.78 Å². The van der Waals surface area contributed by atoms with Crippen molar-refractivity contribution >= 4 is 23.2 Å². The van der Waals surface area contributed by atoms with Gasteiger partial charge < -0.3 is 10.1 Å². The maximum Gasteiger partial charge on any atom is 0.329 e. The van der Waals surface area contributed by atoms with Gasteiger partial charge in [-0.2, -0.15) is 0 Å². The molecule has 106 valence electrons. The Hall–Kier alpha value is -1.47. The van der Waals surface area contributed by atoms with Gasteiger partial charge in [-0.15, -0.1) is 11.3 Å². The summed E-state index contributed by atoms with van der Waals surface area (Å²) in [6, 6.07) is -0.652. The highest BCUT2D eigenvalue weighted by molar-refractivity contribution is 7.09. The summed E-state index contributed by atoms with van der Waals surface area (Å²) in [5, 5.41) is 2.59. The normalized spacial score (nSPS) is 12.3. The van der Waals surface area contributed by atoms with E-state index in [1.807, 2.05) is 18.9 Å². The maximum atomic E-state index is 11.6. The van der Waals surface area contributed by atoms with Crippen LogP contribution in [0.4, 0.5) is 0 Å². The molecule has 0 aliphatic heterocycles. The van der Waals surface area contributed by atoms with Crippen LogP contribution in [0.2, 0.25) is 0 Å². The fraction of sp³-hybridized carbons (Fsp3) is 0.583. The molecule has 1 amide bonds. The molecule has 19 heavy (non-hydrogen) atoms. The van der Waals surface area contributed by atoms with Crippen molar-refractivity contribution in [1.29, 1.82) is 0 Å². The average molecular weight is 285 g/mol. The second-order valence-electron chi connectivity index (χ2n) is 4.33. The summed E-state index contributed by atoms with van der Waals surface area (Å²) in [6.45, 7) is 4.40. The Bertz CT molecular complexity index is 447. The predicted octanol–water partition coefficient (Wildman–Crippen LogP) is 0.561. The third kappa shape index (κ3) is 4.96. The predicted molar refractivity (Wildman–Crippen MR) is 72.8 cm³/mol. The number of nitrogens with one attached hydrogen (secondary N) is 1. The van der Waals surface area contributed by atoms with Crippen molar-refractivity contribution in [1.82, 2.24) is 15.2 Å². The smallest absolute Gasteiger partial charge is 0.329 e. The molecular formula is C12H19N3O3S. The molecule has 6 nitrogen and oxygen atoms in total. The van der Waals surface area contributed by atoms with Crippen molar-refractivity contribution < 1.29 is 14.3 Å². The van der Waals surface area contributed by atoms with E-state index in [0.717, 1.165) is 10.6 Å². The highest BCUT2D eigenvalue weighted by atomic mass is 32.1. The standard InChI is InChI=1S/C12H19N3O3S/c1-8-11(19-7-13-8)6-15(3)5-10(12(17)18-4)14-9(2)16/h7,10H,5-6H2,1-4H3,(H,14,16). The van der Waals surface area contributed by atoms with Crippen molar-refractivity contribution in [2.24, 2.45) is 0 Å². The van der Waals surface area contributed by atoms with Crippen LogP contribution in [-0.4, -0.2) is 48.5 Å². The van der Waals surface area contributed by atoms with Gasteiger partial charge in [0.15, 0.2) is 0 Å². The molecule has 1 N–H and O–H groups in total. The Morgan fingerprint density at radius 1 is 1.58 bits per heavy atom. The Labute approximate surface area is 116 Å². The van der Waals surface area contributed by atoms with Crippen LogP contribution < -0.4 is 5.32 Å². The van der Waals surface area contributed by atoms with Crippen LogP contribution >= 0.6 is 11.3 Å². The average Bonchev–Trinajstić information content (AvgIpc) is 2.72. The number of rotatable bonds is 6. The van der Waals surface area contributed by atoms with Crippen LogP contribution in [0, 0.1) is 6.92 Å². The molecule has 0 aliphatic rings. The first-order valence-corrected chi connectivity index (χ1v) is 6.74. The molecular weight excluding hydrogens is 266 g/mol. The zero-order chi connectivity index (χ0) is 14.4. The fourth-order valence-corrected chi connectivity index (χ4v) is 2.52. The largest absolute Gasteiger partial charge is 0.467 e. The quantitative estimate of drug-likeness (QED) is 0.773. The van der Waals surface area contributed by atoms with Gasteiger partial charge in [0.05, 0.1) is 18.3 Å². The fourth-order valence-electron chi connectivity index (χ4n) is 1.67. The van der Waals surface area contributed by atoms with Crippen molar-refractivity contribution in [3.8, 4) is 0 Å². The van der Waals surface area contributed by atoms with E-state index in [1.165, 1.54) is 14.0 Å². The van der Waals surface area contributed by atoms with Crippen molar-refractivity contribution in [2.45, 2.75) is 26.4 Å². The first kappa shape index (κ1) is 15.6. The van der Waals surface area contributed by atoms with Gasteiger partial charge >= 0.3 is 5.97 Å². The molecule has 0 saturated heterocycles. The highest BCUT2D eigenvalue weighted by Gasteiger charge is 2.22. The SMILES string of the molecule is COC(=O)C(CN(C)Cc1scnc1C)NC(C)=O. The van der Waals surface area contributed by atoms with E-state index >= 15 is 0 Å². The lowest BCUT2D eigenvalue weighted by Gasteiger charge is -2.22. The Balaban J connectivity index is 2.60. The summed E-state index contributed by atoms with van der Waals surface area (Å²) < 4.78 is 4.68. The van der Waals surface area contributed by atoms with E-state index in [-0.39, 0.29) is 5.91 Å². The van der Waals surface area contributed by atoms with Crippen molar-refractivity contribution in [2.75, 3.05) is 20.7 Å². The van der Waals surface area contributed by atoms with Crippen LogP contribution in [0.25, 0.3) is 0 Å². The molecule has 1 rings (SSSR count). The zero-order valence-corrected chi connectivity index (χ0v) is 12.4. The van der Waals surface area contributed by atoms with Crippen LogP contribution in [0.3, 0.4) is 0 Å². The number of likely N-dealkylation sites (N-methyl/N-ethyl adjacent to an activating group) is 1. The minimum Gasteiger partial charge on any atom is -0.467 e. The number of aryl methyl sites for hydroxylation is 1. The number of thiazole rings is 1. The molecule has 1 atom stereocenters. The summed E-state index contributed by atoms with van der Waals surface area (Å²) in [4.78, 5) is 29.9. The molecule has 1 aromatic heterocycles. The lowest BCUT2D eigenvalue weighted by molar-refractivity contribution is -0.145. The molecule has 1 aromatic rings. The number of carbonyl (C=O) groups excluding carboxylic acids is 2. The second kappa shape index (κ2) is 7.20. The number of ether oxygens (including phenoxy) is 1. The Morgan fingerprint density at radius 2 is 2.26 bits per heavy atom. The molecule has 0 radical (unpaired) electrons. The number of hydrogen-bond acceptors (Lipinski definition) is 6. The summed E-state index contributed by atoms with van der Waals surface area (Å²) in [6.07, 6.45) is 0. The molecule has 0 bridgehead atoms. The molecule has 1 unspecified atom stereocenters. The summed E-state index contributed by atoms with van der Waals surface area (Å²) in [5.74, 6) is -0.694. The number of methoxy groups -OCH3 is 1. The molecule has 0 fully saturated rings. The van der Waals surface area contributed by atoms with Gasteiger partial charge in [-0.1, -0.05) is 0 Å². The van der Waals surface area contributed by atoms with Crippen LogP contribution in [0.15, 0.2) is 5.51 Å². The first-order valence-electron chi connectivity index (χ1n) is 5.86. The Morgan fingerprint density at radius 3 is 2.74 bits per heavy atom. The van der Waals surface area contributed by atoms with E-state index in [4.69, 9.17) is 0 Å². The van der Waals surface area contributed by atoms with Crippen molar-refractivity contribution in [3.63, 3.8) is 0 Å². The summed E-state index contributed by atoms with van der Waals surface area (Å²) in [7, 11) is 3.20. The topological polar surface area (TPSA) is 71.5 Å². The highest BCUT2D eigenvalue weighted by Crippen LogP contribution is 2.14. The van der Waals surface area contributed by atoms with Crippen LogP contribution in [0.5, 0.6) is 0 Å². The van der Waals surface area contributed by atoms with E-state index in [1.54, 1.807) is 16.8 Å². The third-order valence-corrected chi connectivity index (χ3v) is 3.54. The van der Waals surface area contributed by atoms with Crippen LogP contribution in [0.1, 0.15) is 17.5 Å². The molecule has 1 heterocycles. The monoisotopic (exact) mass is 285 g/mol. The number of aromatic nitrogens is 1.